The first-order valence-corrected chi connectivity index (χ1v) is 5.77. The molecule has 1 rings (SSSR count). The van der Waals surface area contributed by atoms with Gasteiger partial charge in [-0.05, 0) is 30.9 Å². The Hall–Kier alpha value is -0.960. The van der Waals surface area contributed by atoms with Crippen molar-refractivity contribution in [1.82, 2.24) is 5.32 Å². The lowest BCUT2D eigenvalue weighted by atomic mass is 10.1. The van der Waals surface area contributed by atoms with E-state index in [0.29, 0.717) is 0 Å². The molecule has 0 saturated heterocycles. The lowest BCUT2D eigenvalue weighted by molar-refractivity contribution is -0.119. The predicted octanol–water partition coefficient (Wildman–Crippen LogP) is 2.61. The van der Waals surface area contributed by atoms with Gasteiger partial charge in [0.25, 0.3) is 0 Å². The van der Waals surface area contributed by atoms with Gasteiger partial charge in [-0.2, -0.15) is 0 Å². The van der Waals surface area contributed by atoms with Crippen molar-refractivity contribution in [3.8, 4) is 0 Å². The average molecular weight is 209 g/mol. The number of hydrogen-bond donors (Lipinski definition) is 1. The van der Waals surface area contributed by atoms with Crippen molar-refractivity contribution in [3.63, 3.8) is 0 Å². The fourth-order valence-corrected chi connectivity index (χ4v) is 1.69. The van der Waals surface area contributed by atoms with Crippen molar-refractivity contribution in [2.45, 2.75) is 24.8 Å². The van der Waals surface area contributed by atoms with Crippen LogP contribution in [0.4, 0.5) is 0 Å². The van der Waals surface area contributed by atoms with Crippen LogP contribution in [-0.4, -0.2) is 12.2 Å². The van der Waals surface area contributed by atoms with Crippen molar-refractivity contribution >= 4 is 17.7 Å². The topological polar surface area (TPSA) is 29.1 Å². The Kier molecular flexibility index (Phi) is 4.01. The van der Waals surface area contributed by atoms with Crippen LogP contribution in [-0.2, 0) is 4.79 Å². The van der Waals surface area contributed by atoms with Gasteiger partial charge in [-0.25, -0.2) is 0 Å². The highest BCUT2D eigenvalue weighted by Crippen LogP contribution is 2.18. The molecule has 1 aromatic rings. The average Bonchev–Trinajstić information content (AvgIpc) is 2.17. The van der Waals surface area contributed by atoms with Crippen LogP contribution in [0.1, 0.15) is 25.5 Å². The molecule has 0 bridgehead atoms. The van der Waals surface area contributed by atoms with Gasteiger partial charge >= 0.3 is 0 Å². The van der Waals surface area contributed by atoms with Crippen molar-refractivity contribution in [2.75, 3.05) is 6.26 Å². The van der Waals surface area contributed by atoms with Crippen LogP contribution in [0, 0.1) is 0 Å². The lowest BCUT2D eigenvalue weighted by Crippen LogP contribution is -2.23. The maximum atomic E-state index is 10.8. The van der Waals surface area contributed by atoms with Crippen molar-refractivity contribution in [3.05, 3.63) is 29.8 Å². The maximum absolute atomic E-state index is 10.8. The Morgan fingerprint density at radius 3 is 2.36 bits per heavy atom. The van der Waals surface area contributed by atoms with Gasteiger partial charge in [0.2, 0.25) is 5.91 Å². The Balaban J connectivity index is 2.71. The summed E-state index contributed by atoms with van der Waals surface area (Å²) in [4.78, 5) is 12.1. The Labute approximate surface area is 89.1 Å². The van der Waals surface area contributed by atoms with E-state index in [4.69, 9.17) is 0 Å². The van der Waals surface area contributed by atoms with Crippen molar-refractivity contribution in [1.29, 1.82) is 0 Å². The molecular formula is C11H15NOS. The van der Waals surface area contributed by atoms with Crippen LogP contribution in [0.2, 0.25) is 0 Å². The quantitative estimate of drug-likeness (QED) is 0.775. The first kappa shape index (κ1) is 11.1. The first-order valence-electron chi connectivity index (χ1n) is 4.54. The second-order valence-corrected chi connectivity index (χ2v) is 4.08. The fraction of sp³-hybridized carbons (Fsp3) is 0.364. The Morgan fingerprint density at radius 2 is 1.93 bits per heavy atom. The van der Waals surface area contributed by atoms with Crippen LogP contribution >= 0.6 is 11.8 Å². The normalized spacial score (nSPS) is 12.2. The molecule has 0 spiro atoms. The fourth-order valence-electron chi connectivity index (χ4n) is 1.28. The molecule has 0 aliphatic carbocycles. The highest BCUT2D eigenvalue weighted by molar-refractivity contribution is 7.98. The third kappa shape index (κ3) is 3.07. The van der Waals surface area contributed by atoms with E-state index in [1.54, 1.807) is 11.8 Å². The standard InChI is InChI=1S/C11H15NOS/c1-8(12-9(2)13)10-4-6-11(14-3)7-5-10/h4-8H,1-3H3,(H,12,13). The summed E-state index contributed by atoms with van der Waals surface area (Å²) in [5.41, 5.74) is 1.14. The molecule has 1 atom stereocenters. The van der Waals surface area contributed by atoms with Crippen LogP contribution in [0.3, 0.4) is 0 Å². The largest absolute Gasteiger partial charge is 0.350 e. The van der Waals surface area contributed by atoms with E-state index in [1.807, 2.05) is 25.3 Å². The summed E-state index contributed by atoms with van der Waals surface area (Å²) in [7, 11) is 0. The third-order valence-corrected chi connectivity index (χ3v) is 2.78. The number of thioether (sulfide) groups is 1. The molecule has 3 heteroatoms. The predicted molar refractivity (Wildman–Crippen MR) is 60.5 cm³/mol. The van der Waals surface area contributed by atoms with E-state index in [-0.39, 0.29) is 11.9 Å². The zero-order valence-corrected chi connectivity index (χ0v) is 9.52. The van der Waals surface area contributed by atoms with Gasteiger partial charge in [-0.1, -0.05) is 12.1 Å². The number of nitrogens with one attached hydrogen (secondary N) is 1. The molecule has 0 aliphatic heterocycles. The van der Waals surface area contributed by atoms with Crippen LogP contribution < -0.4 is 5.32 Å². The zero-order valence-electron chi connectivity index (χ0n) is 8.70. The molecule has 0 radical (unpaired) electrons. The van der Waals surface area contributed by atoms with Gasteiger partial charge in [0.1, 0.15) is 0 Å². The number of carbonyl (C=O) groups is 1. The summed E-state index contributed by atoms with van der Waals surface area (Å²) in [6, 6.07) is 8.32. The van der Waals surface area contributed by atoms with Crippen LogP contribution in [0.15, 0.2) is 29.2 Å². The summed E-state index contributed by atoms with van der Waals surface area (Å²) in [6.07, 6.45) is 2.05. The van der Waals surface area contributed by atoms with E-state index in [0.717, 1.165) is 5.56 Å². The van der Waals surface area contributed by atoms with Crippen LogP contribution in [0.25, 0.3) is 0 Å². The molecule has 1 unspecified atom stereocenters. The van der Waals surface area contributed by atoms with Gasteiger partial charge in [-0.15, -0.1) is 11.8 Å². The van der Waals surface area contributed by atoms with Crippen molar-refractivity contribution in [2.24, 2.45) is 0 Å². The second kappa shape index (κ2) is 5.05. The molecule has 2 nitrogen and oxygen atoms in total. The molecule has 0 saturated carbocycles. The van der Waals surface area contributed by atoms with E-state index in [2.05, 4.69) is 17.4 Å². The summed E-state index contributed by atoms with van der Waals surface area (Å²) in [6.45, 7) is 3.52. The molecule has 0 aromatic heterocycles. The number of hydrogen-bond acceptors (Lipinski definition) is 2. The van der Waals surface area contributed by atoms with Gasteiger partial charge < -0.3 is 5.32 Å². The SMILES string of the molecule is CSc1ccc(C(C)NC(C)=O)cc1. The van der Waals surface area contributed by atoms with E-state index >= 15 is 0 Å². The summed E-state index contributed by atoms with van der Waals surface area (Å²) >= 11 is 1.72. The molecule has 0 heterocycles. The minimum atomic E-state index is 0.00597. The van der Waals surface area contributed by atoms with E-state index < -0.39 is 0 Å². The van der Waals surface area contributed by atoms with Gasteiger partial charge in [0.15, 0.2) is 0 Å². The lowest BCUT2D eigenvalue weighted by Gasteiger charge is -2.12. The molecule has 0 fully saturated rings. The molecule has 0 aliphatic rings. The second-order valence-electron chi connectivity index (χ2n) is 3.20. The molecule has 1 amide bonds. The van der Waals surface area contributed by atoms with E-state index in [1.165, 1.54) is 11.8 Å². The minimum Gasteiger partial charge on any atom is -0.350 e. The molecular weight excluding hydrogens is 194 g/mol. The Bertz CT molecular complexity index is 308. The first-order chi connectivity index (χ1) is 6.63. The molecule has 76 valence electrons. The summed E-state index contributed by atoms with van der Waals surface area (Å²) in [5, 5.41) is 2.85. The zero-order chi connectivity index (χ0) is 10.6. The van der Waals surface area contributed by atoms with Crippen LogP contribution in [0.5, 0.6) is 0 Å². The molecule has 14 heavy (non-hydrogen) atoms. The summed E-state index contributed by atoms with van der Waals surface area (Å²) < 4.78 is 0. The Morgan fingerprint density at radius 1 is 1.36 bits per heavy atom. The maximum Gasteiger partial charge on any atom is 0.217 e. The molecule has 1 N–H and O–H groups in total. The van der Waals surface area contributed by atoms with Gasteiger partial charge in [0, 0.05) is 11.8 Å². The van der Waals surface area contributed by atoms with Gasteiger partial charge in [-0.3, -0.25) is 4.79 Å². The highest BCUT2D eigenvalue weighted by atomic mass is 32.2. The third-order valence-electron chi connectivity index (χ3n) is 2.04. The van der Waals surface area contributed by atoms with E-state index in [9.17, 15) is 4.79 Å². The minimum absolute atomic E-state index is 0.00597. The molecule has 1 aromatic carbocycles. The number of carbonyl (C=O) groups excluding carboxylic acids is 1. The highest BCUT2D eigenvalue weighted by Gasteiger charge is 2.05. The summed E-state index contributed by atoms with van der Waals surface area (Å²) in [5.74, 6) is 0.00597. The monoisotopic (exact) mass is 209 g/mol. The number of benzene rings is 1. The van der Waals surface area contributed by atoms with Crippen molar-refractivity contribution < 1.29 is 4.79 Å². The van der Waals surface area contributed by atoms with Gasteiger partial charge in [0.05, 0.1) is 6.04 Å². The number of amides is 1. The number of rotatable bonds is 3. The smallest absolute Gasteiger partial charge is 0.217 e.